The highest BCUT2D eigenvalue weighted by Gasteiger charge is 2.49. The molecule has 0 aromatic heterocycles. The van der Waals surface area contributed by atoms with Gasteiger partial charge in [0.2, 0.25) is 0 Å². The number of hydrogen-bond donors (Lipinski definition) is 0. The highest BCUT2D eigenvalue weighted by atomic mass is 32.2. The van der Waals surface area contributed by atoms with Gasteiger partial charge < -0.3 is 4.90 Å². The largest absolute Gasteiger partial charge is 0.315 e. The molecule has 1 aromatic carbocycles. The molecule has 0 N–H and O–H groups in total. The molecule has 3 aliphatic rings. The summed E-state index contributed by atoms with van der Waals surface area (Å²) in [5, 5.41) is 0.631. The number of aryl methyl sites for hydroxylation is 1. The van der Waals surface area contributed by atoms with Gasteiger partial charge in [0.1, 0.15) is 0 Å². The van der Waals surface area contributed by atoms with Gasteiger partial charge in [0, 0.05) is 16.9 Å². The molecule has 2 saturated heterocycles. The third-order valence-electron chi connectivity index (χ3n) is 4.57. The van der Waals surface area contributed by atoms with Crippen molar-refractivity contribution in [1.29, 1.82) is 0 Å². The van der Waals surface area contributed by atoms with Gasteiger partial charge in [0.25, 0.3) is 5.91 Å². The lowest BCUT2D eigenvalue weighted by atomic mass is 10.1. The van der Waals surface area contributed by atoms with Crippen LogP contribution in [0.3, 0.4) is 0 Å². The molecule has 2 aliphatic heterocycles. The van der Waals surface area contributed by atoms with Crippen LogP contribution in [0.1, 0.15) is 18.4 Å². The second kappa shape index (κ2) is 5.34. The van der Waals surface area contributed by atoms with Crippen molar-refractivity contribution >= 4 is 38.4 Å². The molecule has 1 amide bonds. The van der Waals surface area contributed by atoms with Crippen molar-refractivity contribution in [1.82, 2.24) is 0 Å². The lowest BCUT2D eigenvalue weighted by molar-refractivity contribution is -0.118. The normalized spacial score (nSPS) is 30.7. The zero-order valence-electron chi connectivity index (χ0n) is 12.8. The number of nitrogens with zero attached hydrogens (tertiary/aromatic N) is 2. The number of carbonyl (C=O) groups is 1. The van der Waals surface area contributed by atoms with Crippen LogP contribution >= 0.6 is 11.8 Å². The zero-order valence-corrected chi connectivity index (χ0v) is 14.4. The number of rotatable bonds is 2. The van der Waals surface area contributed by atoms with Gasteiger partial charge in [-0.2, -0.15) is 4.99 Å². The van der Waals surface area contributed by atoms with E-state index in [1.54, 1.807) is 0 Å². The maximum atomic E-state index is 12.1. The summed E-state index contributed by atoms with van der Waals surface area (Å²) in [7, 11) is -3.02. The summed E-state index contributed by atoms with van der Waals surface area (Å²) in [4.78, 5) is 18.4. The van der Waals surface area contributed by atoms with E-state index in [0.29, 0.717) is 5.17 Å². The third kappa shape index (κ3) is 2.80. The van der Waals surface area contributed by atoms with Crippen molar-refractivity contribution in [2.45, 2.75) is 31.1 Å². The molecule has 0 radical (unpaired) electrons. The summed E-state index contributed by atoms with van der Waals surface area (Å²) < 4.78 is 24.0. The summed E-state index contributed by atoms with van der Waals surface area (Å²) in [6.07, 6.45) is 1.85. The first-order valence-electron chi connectivity index (χ1n) is 7.79. The molecule has 0 unspecified atom stereocenters. The number of fused-ring (bicyclic) bond motifs is 1. The standard InChI is InChI=1S/C16H18N2O3S2/c1-10-4-2-3-5-12(10)18-13-8-23(20,21)9-14(13)22-16(18)17-15(19)11-6-7-11/h2-5,11,13-14H,6-9H2,1H3/t13-,14-/m1/s1. The molecule has 2 atom stereocenters. The van der Waals surface area contributed by atoms with Gasteiger partial charge in [0.05, 0.1) is 17.5 Å². The van der Waals surface area contributed by atoms with Crippen LogP contribution in [0, 0.1) is 12.8 Å². The Hall–Kier alpha value is -1.34. The summed E-state index contributed by atoms with van der Waals surface area (Å²) in [6, 6.07) is 7.73. The minimum absolute atomic E-state index is 0.0367. The highest BCUT2D eigenvalue weighted by Crippen LogP contribution is 2.42. The fourth-order valence-corrected chi connectivity index (χ4v) is 7.11. The Morgan fingerprint density at radius 1 is 1.26 bits per heavy atom. The Balaban J connectivity index is 1.75. The van der Waals surface area contributed by atoms with E-state index in [9.17, 15) is 13.2 Å². The van der Waals surface area contributed by atoms with Crippen LogP contribution in [0.15, 0.2) is 29.3 Å². The Bertz CT molecular complexity index is 799. The second-order valence-electron chi connectivity index (χ2n) is 6.46. The van der Waals surface area contributed by atoms with Crippen molar-refractivity contribution in [3.8, 4) is 0 Å². The van der Waals surface area contributed by atoms with Gasteiger partial charge >= 0.3 is 0 Å². The Morgan fingerprint density at radius 3 is 2.70 bits per heavy atom. The van der Waals surface area contributed by atoms with Crippen molar-refractivity contribution in [2.24, 2.45) is 10.9 Å². The first-order chi connectivity index (χ1) is 10.9. The quantitative estimate of drug-likeness (QED) is 0.816. The average molecular weight is 350 g/mol. The van der Waals surface area contributed by atoms with Crippen LogP contribution in [-0.4, -0.2) is 42.3 Å². The minimum atomic E-state index is -3.02. The molecule has 0 spiro atoms. The summed E-state index contributed by atoms with van der Waals surface area (Å²) >= 11 is 1.44. The van der Waals surface area contributed by atoms with Crippen LogP contribution in [0.25, 0.3) is 0 Å². The van der Waals surface area contributed by atoms with Gasteiger partial charge in [-0.15, -0.1) is 0 Å². The molecular formula is C16H18N2O3S2. The molecule has 2 heterocycles. The maximum absolute atomic E-state index is 12.1. The minimum Gasteiger partial charge on any atom is -0.315 e. The summed E-state index contributed by atoms with van der Waals surface area (Å²) in [5.41, 5.74) is 2.01. The predicted octanol–water partition coefficient (Wildman–Crippen LogP) is 2.01. The van der Waals surface area contributed by atoms with E-state index < -0.39 is 9.84 Å². The number of amidine groups is 1. The predicted molar refractivity (Wildman–Crippen MR) is 92.6 cm³/mol. The SMILES string of the molecule is Cc1ccccc1N1C(=NC(=O)C2CC2)S[C@@H]2CS(=O)(=O)C[C@H]21. The zero-order chi connectivity index (χ0) is 16.2. The van der Waals surface area contributed by atoms with Gasteiger partial charge in [0.15, 0.2) is 15.0 Å². The first-order valence-corrected chi connectivity index (χ1v) is 10.5. The Morgan fingerprint density at radius 2 is 2.00 bits per heavy atom. The topological polar surface area (TPSA) is 66.8 Å². The average Bonchev–Trinajstić information content (AvgIpc) is 3.22. The molecule has 7 heteroatoms. The monoisotopic (exact) mass is 350 g/mol. The van der Waals surface area contributed by atoms with Gasteiger partial charge in [-0.1, -0.05) is 30.0 Å². The third-order valence-corrected chi connectivity index (χ3v) is 7.78. The van der Waals surface area contributed by atoms with E-state index in [2.05, 4.69) is 4.99 Å². The fraction of sp³-hybridized carbons (Fsp3) is 0.500. The van der Waals surface area contributed by atoms with Crippen LogP contribution < -0.4 is 4.90 Å². The molecule has 5 nitrogen and oxygen atoms in total. The number of aliphatic imine (C=N–C) groups is 1. The van der Waals surface area contributed by atoms with Crippen molar-refractivity contribution < 1.29 is 13.2 Å². The molecule has 1 aromatic rings. The first kappa shape index (κ1) is 15.2. The molecule has 23 heavy (non-hydrogen) atoms. The number of sulfone groups is 1. The van der Waals surface area contributed by atoms with E-state index in [-0.39, 0.29) is 34.6 Å². The van der Waals surface area contributed by atoms with E-state index in [1.165, 1.54) is 11.8 Å². The lowest BCUT2D eigenvalue weighted by Crippen LogP contribution is -2.38. The smallest absolute Gasteiger partial charge is 0.251 e. The van der Waals surface area contributed by atoms with E-state index >= 15 is 0 Å². The number of hydrogen-bond acceptors (Lipinski definition) is 4. The Labute approximate surface area is 140 Å². The molecule has 3 fully saturated rings. The molecular weight excluding hydrogens is 332 g/mol. The van der Waals surface area contributed by atoms with E-state index in [0.717, 1.165) is 24.1 Å². The highest BCUT2D eigenvalue weighted by molar-refractivity contribution is 8.16. The van der Waals surface area contributed by atoms with Crippen LogP contribution in [-0.2, 0) is 14.6 Å². The lowest BCUT2D eigenvalue weighted by Gasteiger charge is -2.26. The number of carbonyl (C=O) groups excluding carboxylic acids is 1. The molecule has 1 aliphatic carbocycles. The van der Waals surface area contributed by atoms with Crippen LogP contribution in [0.4, 0.5) is 5.69 Å². The molecule has 4 rings (SSSR count). The van der Waals surface area contributed by atoms with E-state index in [1.807, 2.05) is 36.1 Å². The number of thioether (sulfide) groups is 1. The fourth-order valence-electron chi connectivity index (χ4n) is 3.20. The van der Waals surface area contributed by atoms with Crippen LogP contribution in [0.2, 0.25) is 0 Å². The molecule has 0 bridgehead atoms. The van der Waals surface area contributed by atoms with Gasteiger partial charge in [-0.05, 0) is 31.4 Å². The van der Waals surface area contributed by atoms with Gasteiger partial charge in [-0.25, -0.2) is 8.42 Å². The number of benzene rings is 1. The maximum Gasteiger partial charge on any atom is 0.251 e. The molecule has 122 valence electrons. The van der Waals surface area contributed by atoms with E-state index in [4.69, 9.17) is 0 Å². The van der Waals surface area contributed by atoms with Crippen LogP contribution in [0.5, 0.6) is 0 Å². The Kier molecular flexibility index (Phi) is 3.53. The number of amides is 1. The molecule has 1 saturated carbocycles. The summed E-state index contributed by atoms with van der Waals surface area (Å²) in [5.74, 6) is 0.316. The van der Waals surface area contributed by atoms with Crippen molar-refractivity contribution in [3.05, 3.63) is 29.8 Å². The van der Waals surface area contributed by atoms with Crippen molar-refractivity contribution in [3.63, 3.8) is 0 Å². The van der Waals surface area contributed by atoms with Crippen molar-refractivity contribution in [2.75, 3.05) is 16.4 Å². The number of anilines is 1. The number of para-hydroxylation sites is 1. The second-order valence-corrected chi connectivity index (χ2v) is 9.82. The summed E-state index contributed by atoms with van der Waals surface area (Å²) in [6.45, 7) is 2.00. The van der Waals surface area contributed by atoms with Gasteiger partial charge in [-0.3, -0.25) is 4.79 Å².